The van der Waals surface area contributed by atoms with Crippen molar-refractivity contribution in [2.75, 3.05) is 0 Å². The van der Waals surface area contributed by atoms with Crippen LogP contribution >= 0.6 is 0 Å². The molecule has 33 heavy (non-hydrogen) atoms. The van der Waals surface area contributed by atoms with Crippen molar-refractivity contribution in [3.05, 3.63) is 101 Å². The van der Waals surface area contributed by atoms with E-state index < -0.39 is 7.05 Å². The highest BCUT2D eigenvalue weighted by atomic mass is 16.2. The quantitative estimate of drug-likeness (QED) is 0.586. The molecular weight excluding hydrogens is 407 g/mol. The molecule has 0 radical (unpaired) electrons. The second kappa shape index (κ2) is 8.62. The van der Waals surface area contributed by atoms with Gasteiger partial charge in [0.05, 0.1) is 11.4 Å². The van der Waals surface area contributed by atoms with E-state index >= 15 is 0 Å². The Hall–Kier alpha value is -3.22. The van der Waals surface area contributed by atoms with Crippen LogP contribution in [0.25, 0.3) is 6.08 Å². The first kappa shape index (κ1) is 20.4. The largest absolute Gasteiger partial charge is 0.465 e. The highest BCUT2D eigenvalue weighted by molar-refractivity contribution is 6.66. The molecule has 3 aromatic rings. The van der Waals surface area contributed by atoms with Crippen molar-refractivity contribution in [1.82, 2.24) is 15.2 Å². The van der Waals surface area contributed by atoms with Crippen molar-refractivity contribution in [1.29, 1.82) is 0 Å². The van der Waals surface area contributed by atoms with Gasteiger partial charge in [-0.15, -0.1) is 0 Å². The molecule has 0 spiro atoms. The van der Waals surface area contributed by atoms with Crippen LogP contribution in [0, 0.1) is 5.92 Å². The number of nitrogens with one attached hydrogen (secondary N) is 1. The van der Waals surface area contributed by atoms with Gasteiger partial charge in [-0.25, -0.2) is 0 Å². The van der Waals surface area contributed by atoms with Gasteiger partial charge in [-0.2, -0.15) is 5.10 Å². The Kier molecular flexibility index (Phi) is 5.33. The molecule has 6 rings (SSSR count). The number of benzene rings is 2. The maximum atomic E-state index is 10.5. The van der Waals surface area contributed by atoms with Crippen molar-refractivity contribution in [3.8, 4) is 0 Å². The third-order valence-electron chi connectivity index (χ3n) is 7.16. The number of allylic oxidation sites excluding steroid dienone is 1. The Morgan fingerprint density at radius 3 is 2.30 bits per heavy atom. The molecular formula is C27H27BN4O. The number of aromatic nitrogens is 1. The molecule has 3 aliphatic rings. The van der Waals surface area contributed by atoms with Gasteiger partial charge < -0.3 is 10.4 Å². The average molecular weight is 434 g/mol. The summed E-state index contributed by atoms with van der Waals surface area (Å²) in [6.07, 6.45) is 9.10. The molecule has 2 heterocycles. The second-order valence-corrected chi connectivity index (χ2v) is 9.28. The zero-order valence-corrected chi connectivity index (χ0v) is 18.6. The van der Waals surface area contributed by atoms with Gasteiger partial charge in [0.2, 0.25) is 0 Å². The first-order chi connectivity index (χ1) is 16.3. The molecule has 1 aliphatic heterocycles. The van der Waals surface area contributed by atoms with Crippen LogP contribution in [0.3, 0.4) is 0 Å². The van der Waals surface area contributed by atoms with Gasteiger partial charge in [0.1, 0.15) is 0 Å². The lowest BCUT2D eigenvalue weighted by atomic mass is 9.65. The molecule has 0 bridgehead atoms. The highest BCUT2D eigenvalue weighted by Crippen LogP contribution is 2.38. The molecule has 1 aromatic heterocycles. The minimum atomic E-state index is -0.793. The summed E-state index contributed by atoms with van der Waals surface area (Å²) in [4.78, 5) is 7.17. The van der Waals surface area contributed by atoms with Crippen molar-refractivity contribution in [2.45, 2.75) is 38.4 Å². The van der Waals surface area contributed by atoms with Crippen LogP contribution in [-0.2, 0) is 19.5 Å². The van der Waals surface area contributed by atoms with Crippen LogP contribution in [0.15, 0.2) is 78.0 Å². The molecule has 1 saturated carbocycles. The minimum absolute atomic E-state index is 0.378. The molecule has 2 aliphatic carbocycles. The van der Waals surface area contributed by atoms with E-state index in [0.717, 1.165) is 60.3 Å². The smallest absolute Gasteiger partial charge is 0.428 e. The summed E-state index contributed by atoms with van der Waals surface area (Å²) >= 11 is 0. The van der Waals surface area contributed by atoms with E-state index in [9.17, 15) is 5.02 Å². The first-order valence-corrected chi connectivity index (χ1v) is 11.8. The predicted molar refractivity (Wildman–Crippen MR) is 133 cm³/mol. The zero-order chi connectivity index (χ0) is 22.2. The predicted octanol–water partition coefficient (Wildman–Crippen LogP) is 3.13. The molecule has 0 saturated heterocycles. The monoisotopic (exact) mass is 434 g/mol. The van der Waals surface area contributed by atoms with E-state index in [2.05, 4.69) is 93.1 Å². The average Bonchev–Trinajstić information content (AvgIpc) is 3.30. The zero-order valence-electron chi connectivity index (χ0n) is 18.6. The molecule has 2 aromatic carbocycles. The fourth-order valence-corrected chi connectivity index (χ4v) is 5.32. The van der Waals surface area contributed by atoms with Gasteiger partial charge in [0.15, 0.2) is 0 Å². The van der Waals surface area contributed by atoms with Crippen molar-refractivity contribution >= 4 is 24.3 Å². The van der Waals surface area contributed by atoms with E-state index in [1.165, 1.54) is 11.1 Å². The number of pyridine rings is 1. The highest BCUT2D eigenvalue weighted by Gasteiger charge is 2.41. The number of hydrazone groups is 1. The summed E-state index contributed by atoms with van der Waals surface area (Å²) in [5.74, 6) is 0.378. The van der Waals surface area contributed by atoms with Crippen molar-refractivity contribution < 1.29 is 5.02 Å². The van der Waals surface area contributed by atoms with Gasteiger partial charge in [-0.3, -0.25) is 9.88 Å². The summed E-state index contributed by atoms with van der Waals surface area (Å²) in [7, 11) is -0.793. The molecule has 164 valence electrons. The van der Waals surface area contributed by atoms with E-state index in [-0.39, 0.29) is 0 Å². The number of rotatable bonds is 6. The standard InChI is InChI=1S/C27H27BN4O/c33-28-24-16-29-25-13-7-12-23(25)26(24)27(30-31-28)21-14-22(15-21)32(17-19-8-3-1-4-9-19)18-20-10-5-2-6-11-20/h1-12,16,21-22,31,33H,13-15,17-18H2. The van der Waals surface area contributed by atoms with Crippen molar-refractivity contribution in [3.63, 3.8) is 0 Å². The Labute approximate surface area is 195 Å². The number of nitrogens with zero attached hydrogens (tertiary/aromatic N) is 3. The van der Waals surface area contributed by atoms with Crippen LogP contribution in [0.4, 0.5) is 0 Å². The van der Waals surface area contributed by atoms with Gasteiger partial charge in [-0.1, -0.05) is 72.8 Å². The maximum Gasteiger partial charge on any atom is 0.465 e. The topological polar surface area (TPSA) is 60.8 Å². The normalized spacial score (nSPS) is 20.7. The van der Waals surface area contributed by atoms with Crippen LogP contribution in [0.1, 0.15) is 40.8 Å². The molecule has 0 unspecified atom stereocenters. The van der Waals surface area contributed by atoms with E-state index in [0.29, 0.717) is 12.0 Å². The molecule has 2 N–H and O–H groups in total. The fourth-order valence-electron chi connectivity index (χ4n) is 5.32. The van der Waals surface area contributed by atoms with Crippen LogP contribution in [-0.4, -0.2) is 33.7 Å². The minimum Gasteiger partial charge on any atom is -0.428 e. The lowest BCUT2D eigenvalue weighted by Gasteiger charge is -2.44. The number of hydrogen-bond acceptors (Lipinski definition) is 5. The Morgan fingerprint density at radius 1 is 0.970 bits per heavy atom. The fraction of sp³-hybridized carbons (Fsp3) is 0.259. The Balaban J connectivity index is 1.24. The van der Waals surface area contributed by atoms with Gasteiger partial charge in [-0.05, 0) is 24.0 Å². The van der Waals surface area contributed by atoms with Crippen LogP contribution in [0.5, 0.6) is 0 Å². The van der Waals surface area contributed by atoms with Crippen molar-refractivity contribution in [2.24, 2.45) is 11.0 Å². The third kappa shape index (κ3) is 3.90. The lowest BCUT2D eigenvalue weighted by molar-refractivity contribution is 0.0898. The van der Waals surface area contributed by atoms with Gasteiger partial charge >= 0.3 is 7.05 Å². The van der Waals surface area contributed by atoms with E-state index in [1.54, 1.807) is 0 Å². The van der Waals surface area contributed by atoms with Gasteiger partial charge in [0.25, 0.3) is 0 Å². The summed E-state index contributed by atoms with van der Waals surface area (Å²) in [5, 5.41) is 18.0. The van der Waals surface area contributed by atoms with E-state index in [4.69, 9.17) is 0 Å². The molecule has 5 nitrogen and oxygen atoms in total. The van der Waals surface area contributed by atoms with Crippen LogP contribution in [0.2, 0.25) is 0 Å². The molecule has 0 atom stereocenters. The summed E-state index contributed by atoms with van der Waals surface area (Å²) in [6, 6.07) is 22.0. The third-order valence-corrected chi connectivity index (χ3v) is 7.16. The first-order valence-electron chi connectivity index (χ1n) is 11.8. The summed E-state index contributed by atoms with van der Waals surface area (Å²) < 4.78 is 0. The second-order valence-electron chi connectivity index (χ2n) is 9.28. The number of hydrogen-bond donors (Lipinski definition) is 2. The number of fused-ring (bicyclic) bond motifs is 3. The maximum absolute atomic E-state index is 10.5. The molecule has 1 fully saturated rings. The lowest BCUT2D eigenvalue weighted by Crippen LogP contribution is -2.54. The van der Waals surface area contributed by atoms with Gasteiger partial charge in [0, 0.05) is 54.3 Å². The van der Waals surface area contributed by atoms with Crippen LogP contribution < -0.4 is 10.8 Å². The molecule has 6 heteroatoms. The Morgan fingerprint density at radius 2 is 1.64 bits per heavy atom. The van der Waals surface area contributed by atoms with E-state index in [1.807, 2.05) is 6.20 Å². The SMILES string of the molecule is OB1NN=C(C2CC(N(Cc3ccccc3)Cc3ccccc3)C2)c2c1cnc1c2C=CC1. The summed E-state index contributed by atoms with van der Waals surface area (Å²) in [6.45, 7) is 1.88. The molecule has 0 amide bonds. The Bertz CT molecular complexity index is 1160. The summed E-state index contributed by atoms with van der Waals surface area (Å²) in [5.41, 5.74) is 7.94.